The van der Waals surface area contributed by atoms with Crippen molar-refractivity contribution in [2.75, 3.05) is 20.6 Å². The van der Waals surface area contributed by atoms with Crippen LogP contribution in [-0.2, 0) is 15.0 Å². The molecule has 0 aliphatic carbocycles. The van der Waals surface area contributed by atoms with Gasteiger partial charge in [0.05, 0.1) is 0 Å². The number of carbonyl (C=O) groups excluding carboxylic acids is 1. The van der Waals surface area contributed by atoms with Crippen molar-refractivity contribution in [2.24, 2.45) is 5.14 Å². The topological polar surface area (TPSA) is 83.7 Å². The predicted octanol–water partition coefficient (Wildman–Crippen LogP) is -1.26. The van der Waals surface area contributed by atoms with Gasteiger partial charge in [0.15, 0.2) is 0 Å². The van der Waals surface area contributed by atoms with E-state index in [2.05, 4.69) is 0 Å². The fraction of sp³-hybridized carbons (Fsp3) is 0.857. The SMILES string of the molecule is CN(C)C(=O)[C@H]1CCCN1S(N)(=O)=O. The van der Waals surface area contributed by atoms with Gasteiger partial charge in [-0.2, -0.15) is 12.7 Å². The van der Waals surface area contributed by atoms with Crippen molar-refractivity contribution in [3.63, 3.8) is 0 Å². The number of rotatable bonds is 2. The molecule has 1 amide bonds. The van der Waals surface area contributed by atoms with Crippen LogP contribution in [0.25, 0.3) is 0 Å². The van der Waals surface area contributed by atoms with Crippen molar-refractivity contribution < 1.29 is 13.2 Å². The highest BCUT2D eigenvalue weighted by Gasteiger charge is 2.37. The average Bonchev–Trinajstić information content (AvgIpc) is 2.48. The van der Waals surface area contributed by atoms with Gasteiger partial charge in [-0.05, 0) is 12.8 Å². The molecule has 82 valence electrons. The van der Waals surface area contributed by atoms with Crippen LogP contribution < -0.4 is 5.14 Å². The smallest absolute Gasteiger partial charge is 0.277 e. The standard InChI is InChI=1S/C7H15N3O3S/c1-9(2)7(11)6-4-3-5-10(6)14(8,12)13/h6H,3-5H2,1-2H3,(H2,8,12,13)/t6-/m1/s1. The second-order valence-electron chi connectivity index (χ2n) is 3.55. The molecule has 0 radical (unpaired) electrons. The zero-order valence-corrected chi connectivity index (χ0v) is 9.12. The quantitative estimate of drug-likeness (QED) is 0.632. The maximum Gasteiger partial charge on any atom is 0.277 e. The van der Waals surface area contributed by atoms with E-state index in [1.165, 1.54) is 4.90 Å². The molecule has 2 N–H and O–H groups in total. The molecule has 1 saturated heterocycles. The molecule has 6 nitrogen and oxygen atoms in total. The molecule has 0 bridgehead atoms. The largest absolute Gasteiger partial charge is 0.347 e. The third kappa shape index (κ3) is 2.23. The predicted molar refractivity (Wildman–Crippen MR) is 51.5 cm³/mol. The number of carbonyl (C=O) groups is 1. The first-order chi connectivity index (χ1) is 6.34. The molecular weight excluding hydrogens is 206 g/mol. The summed E-state index contributed by atoms with van der Waals surface area (Å²) in [5.74, 6) is -0.212. The van der Waals surface area contributed by atoms with E-state index in [1.54, 1.807) is 14.1 Å². The molecule has 1 fully saturated rings. The Morgan fingerprint density at radius 2 is 2.07 bits per heavy atom. The van der Waals surface area contributed by atoms with Crippen LogP contribution in [0.1, 0.15) is 12.8 Å². The van der Waals surface area contributed by atoms with Gasteiger partial charge in [0.2, 0.25) is 5.91 Å². The summed E-state index contributed by atoms with van der Waals surface area (Å²) in [5.41, 5.74) is 0. The van der Waals surface area contributed by atoms with E-state index < -0.39 is 16.3 Å². The van der Waals surface area contributed by atoms with Crippen LogP contribution in [0.4, 0.5) is 0 Å². The van der Waals surface area contributed by atoms with Crippen LogP contribution >= 0.6 is 0 Å². The van der Waals surface area contributed by atoms with Gasteiger partial charge in [0.1, 0.15) is 6.04 Å². The number of hydrogen-bond acceptors (Lipinski definition) is 3. The highest BCUT2D eigenvalue weighted by Crippen LogP contribution is 2.20. The third-order valence-corrected chi connectivity index (χ3v) is 3.35. The molecule has 1 rings (SSSR count). The number of nitrogens with zero attached hydrogens (tertiary/aromatic N) is 2. The molecule has 0 aromatic rings. The second kappa shape index (κ2) is 3.84. The zero-order chi connectivity index (χ0) is 10.9. The van der Waals surface area contributed by atoms with Crippen LogP contribution in [-0.4, -0.2) is 50.2 Å². The van der Waals surface area contributed by atoms with Crippen molar-refractivity contribution >= 4 is 16.1 Å². The fourth-order valence-electron chi connectivity index (χ4n) is 1.59. The van der Waals surface area contributed by atoms with Crippen LogP contribution in [0.2, 0.25) is 0 Å². The first-order valence-electron chi connectivity index (χ1n) is 4.35. The molecule has 0 aromatic heterocycles. The molecule has 0 spiro atoms. The Morgan fingerprint density at radius 1 is 1.50 bits per heavy atom. The first kappa shape index (κ1) is 11.4. The Bertz CT molecular complexity index is 325. The first-order valence-corrected chi connectivity index (χ1v) is 5.85. The Balaban J connectivity index is 2.85. The van der Waals surface area contributed by atoms with E-state index in [0.29, 0.717) is 19.4 Å². The molecule has 1 heterocycles. The highest BCUT2D eigenvalue weighted by atomic mass is 32.2. The monoisotopic (exact) mass is 221 g/mol. The minimum absolute atomic E-state index is 0.212. The lowest BCUT2D eigenvalue weighted by Crippen LogP contribution is -2.47. The summed E-state index contributed by atoms with van der Waals surface area (Å²) >= 11 is 0. The molecule has 0 aromatic carbocycles. The Morgan fingerprint density at radius 3 is 2.50 bits per heavy atom. The highest BCUT2D eigenvalue weighted by molar-refractivity contribution is 7.86. The van der Waals surface area contributed by atoms with Gasteiger partial charge in [0, 0.05) is 20.6 Å². The Hall–Kier alpha value is -0.660. The van der Waals surface area contributed by atoms with E-state index in [1.807, 2.05) is 0 Å². The third-order valence-electron chi connectivity index (χ3n) is 2.26. The molecule has 1 atom stereocenters. The van der Waals surface area contributed by atoms with Crippen LogP contribution in [0.5, 0.6) is 0 Å². The molecule has 14 heavy (non-hydrogen) atoms. The fourth-order valence-corrected chi connectivity index (χ4v) is 2.52. The van der Waals surface area contributed by atoms with Crippen molar-refractivity contribution in [1.29, 1.82) is 0 Å². The lowest BCUT2D eigenvalue weighted by Gasteiger charge is -2.23. The summed E-state index contributed by atoms with van der Waals surface area (Å²) in [6.45, 7) is 0.336. The Labute approximate surface area is 83.8 Å². The van der Waals surface area contributed by atoms with Crippen molar-refractivity contribution in [2.45, 2.75) is 18.9 Å². The zero-order valence-electron chi connectivity index (χ0n) is 8.30. The molecule has 0 unspecified atom stereocenters. The van der Waals surface area contributed by atoms with Crippen molar-refractivity contribution in [3.05, 3.63) is 0 Å². The summed E-state index contributed by atoms with van der Waals surface area (Å²) in [7, 11) is -0.546. The van der Waals surface area contributed by atoms with Gasteiger partial charge < -0.3 is 4.90 Å². The summed E-state index contributed by atoms with van der Waals surface area (Å²) < 4.78 is 23.3. The molecule has 7 heteroatoms. The van der Waals surface area contributed by atoms with Gasteiger partial charge in [-0.1, -0.05) is 0 Å². The van der Waals surface area contributed by atoms with Crippen molar-refractivity contribution in [1.82, 2.24) is 9.21 Å². The Kier molecular flexibility index (Phi) is 3.13. The lowest BCUT2D eigenvalue weighted by atomic mass is 10.2. The summed E-state index contributed by atoms with van der Waals surface area (Å²) in [5, 5.41) is 5.00. The summed E-state index contributed by atoms with van der Waals surface area (Å²) in [6.07, 6.45) is 1.23. The lowest BCUT2D eigenvalue weighted by molar-refractivity contribution is -0.132. The number of likely N-dealkylation sites (N-methyl/N-ethyl adjacent to an activating group) is 1. The molecule has 0 saturated carbocycles. The molecule has 1 aliphatic rings. The van der Waals surface area contributed by atoms with Gasteiger partial charge in [-0.3, -0.25) is 4.79 Å². The van der Waals surface area contributed by atoms with E-state index in [-0.39, 0.29) is 5.91 Å². The second-order valence-corrected chi connectivity index (χ2v) is 5.05. The van der Waals surface area contributed by atoms with E-state index in [9.17, 15) is 13.2 Å². The van der Waals surface area contributed by atoms with Crippen LogP contribution in [0.15, 0.2) is 0 Å². The average molecular weight is 221 g/mol. The summed E-state index contributed by atoms with van der Waals surface area (Å²) in [6, 6.07) is -0.611. The van der Waals surface area contributed by atoms with Crippen LogP contribution in [0, 0.1) is 0 Å². The van der Waals surface area contributed by atoms with Gasteiger partial charge >= 0.3 is 0 Å². The van der Waals surface area contributed by atoms with Gasteiger partial charge in [0.25, 0.3) is 10.2 Å². The minimum Gasteiger partial charge on any atom is -0.347 e. The van der Waals surface area contributed by atoms with Crippen molar-refractivity contribution in [3.8, 4) is 0 Å². The van der Waals surface area contributed by atoms with Crippen LogP contribution in [0.3, 0.4) is 0 Å². The molecule has 1 aliphatic heterocycles. The number of hydrogen-bond donors (Lipinski definition) is 1. The van der Waals surface area contributed by atoms with E-state index in [0.717, 1.165) is 4.31 Å². The van der Waals surface area contributed by atoms with Gasteiger partial charge in [-0.15, -0.1) is 0 Å². The maximum absolute atomic E-state index is 11.6. The summed E-state index contributed by atoms with van der Waals surface area (Å²) in [4.78, 5) is 12.9. The van der Waals surface area contributed by atoms with E-state index >= 15 is 0 Å². The molecular formula is C7H15N3O3S. The number of amides is 1. The van der Waals surface area contributed by atoms with E-state index in [4.69, 9.17) is 5.14 Å². The maximum atomic E-state index is 11.6. The minimum atomic E-state index is -3.74. The normalized spacial score (nSPS) is 23.8. The number of nitrogens with two attached hydrogens (primary N) is 1. The van der Waals surface area contributed by atoms with Gasteiger partial charge in [-0.25, -0.2) is 5.14 Å².